The van der Waals surface area contributed by atoms with Crippen molar-refractivity contribution < 1.29 is 18.7 Å². The Hall–Kier alpha value is -3.68. The van der Waals surface area contributed by atoms with Crippen molar-refractivity contribution in [2.75, 3.05) is 13.7 Å². The van der Waals surface area contributed by atoms with Crippen LogP contribution in [0.2, 0.25) is 0 Å². The van der Waals surface area contributed by atoms with E-state index in [1.54, 1.807) is 26.2 Å². The van der Waals surface area contributed by atoms with Gasteiger partial charge in [0, 0.05) is 24.2 Å². The molecule has 7 nitrogen and oxygen atoms in total. The number of methoxy groups -OCH3 is 1. The Morgan fingerprint density at radius 2 is 1.90 bits per heavy atom. The van der Waals surface area contributed by atoms with E-state index in [0.717, 1.165) is 11.3 Å². The van der Waals surface area contributed by atoms with Crippen LogP contribution in [0.5, 0.6) is 11.5 Å². The number of nitrogens with one attached hydrogen (secondary N) is 1. The first-order valence-electron chi connectivity index (χ1n) is 9.39. The number of ether oxygens (including phenoxy) is 2. The summed E-state index contributed by atoms with van der Waals surface area (Å²) in [5.74, 6) is 0.174. The molecule has 1 aromatic heterocycles. The van der Waals surface area contributed by atoms with Crippen molar-refractivity contribution in [1.29, 1.82) is 0 Å². The van der Waals surface area contributed by atoms with Crippen LogP contribution in [0.1, 0.15) is 6.92 Å². The third-order valence-electron chi connectivity index (χ3n) is 4.35. The van der Waals surface area contributed by atoms with Gasteiger partial charge >= 0.3 is 0 Å². The topological polar surface area (TPSA) is 82.5 Å². The summed E-state index contributed by atoms with van der Waals surface area (Å²) in [4.78, 5) is 24.3. The van der Waals surface area contributed by atoms with Gasteiger partial charge in [0.1, 0.15) is 17.3 Å². The number of aromatic nitrogens is 2. The van der Waals surface area contributed by atoms with E-state index in [-0.39, 0.29) is 30.3 Å². The van der Waals surface area contributed by atoms with Crippen LogP contribution in [0.3, 0.4) is 0 Å². The Morgan fingerprint density at radius 3 is 2.60 bits per heavy atom. The lowest BCUT2D eigenvalue weighted by Gasteiger charge is -2.15. The first-order valence-corrected chi connectivity index (χ1v) is 9.39. The highest BCUT2D eigenvalue weighted by molar-refractivity contribution is 5.80. The first-order chi connectivity index (χ1) is 14.5. The van der Waals surface area contributed by atoms with Crippen molar-refractivity contribution in [1.82, 2.24) is 15.1 Å². The van der Waals surface area contributed by atoms with E-state index >= 15 is 0 Å². The van der Waals surface area contributed by atoms with Crippen molar-refractivity contribution in [3.8, 4) is 22.8 Å². The second kappa shape index (κ2) is 9.69. The molecule has 8 heteroatoms. The Kier molecular flexibility index (Phi) is 6.79. The second-order valence-electron chi connectivity index (χ2n) is 6.52. The molecule has 0 radical (unpaired) electrons. The third-order valence-corrected chi connectivity index (χ3v) is 4.35. The summed E-state index contributed by atoms with van der Waals surface area (Å²) in [5.41, 5.74) is 1.20. The number of benzene rings is 2. The maximum absolute atomic E-state index is 13.2. The second-order valence-corrected chi connectivity index (χ2v) is 6.52. The van der Waals surface area contributed by atoms with Gasteiger partial charge in [-0.15, -0.1) is 0 Å². The minimum atomic E-state index is -0.817. The molecular formula is C22H22FN3O4. The zero-order valence-corrected chi connectivity index (χ0v) is 16.7. The van der Waals surface area contributed by atoms with E-state index in [2.05, 4.69) is 10.4 Å². The number of nitrogens with zero attached hydrogens (tertiary/aromatic N) is 2. The molecule has 0 bridgehead atoms. The molecule has 0 aliphatic carbocycles. The predicted octanol–water partition coefficient (Wildman–Crippen LogP) is 2.64. The monoisotopic (exact) mass is 411 g/mol. The SMILES string of the molecule is COc1ccc(-c2ccc(=O)n(CCNC(=O)C(C)Oc3cccc(F)c3)n2)cc1. The van der Waals surface area contributed by atoms with Gasteiger partial charge in [0.2, 0.25) is 0 Å². The number of halogens is 1. The van der Waals surface area contributed by atoms with E-state index in [9.17, 15) is 14.0 Å². The summed E-state index contributed by atoms with van der Waals surface area (Å²) < 4.78 is 25.1. The van der Waals surface area contributed by atoms with Gasteiger partial charge in [-0.2, -0.15) is 5.10 Å². The molecule has 156 valence electrons. The number of rotatable bonds is 8. The molecule has 1 N–H and O–H groups in total. The summed E-state index contributed by atoms with van der Waals surface area (Å²) >= 11 is 0. The standard InChI is InChI=1S/C22H22FN3O4/c1-15(30-19-5-3-4-17(23)14-19)22(28)24-12-13-26-21(27)11-10-20(25-26)16-6-8-18(29-2)9-7-16/h3-11,14-15H,12-13H2,1-2H3,(H,24,28). The average molecular weight is 411 g/mol. The van der Waals surface area contributed by atoms with Gasteiger partial charge in [-0.1, -0.05) is 6.07 Å². The maximum Gasteiger partial charge on any atom is 0.266 e. The van der Waals surface area contributed by atoms with Crippen LogP contribution >= 0.6 is 0 Å². The van der Waals surface area contributed by atoms with Gasteiger partial charge in [0.25, 0.3) is 11.5 Å². The molecule has 1 heterocycles. The van der Waals surface area contributed by atoms with E-state index < -0.39 is 11.9 Å². The molecule has 1 atom stereocenters. The lowest BCUT2D eigenvalue weighted by atomic mass is 10.1. The van der Waals surface area contributed by atoms with Crippen LogP contribution in [0.15, 0.2) is 65.5 Å². The number of carbonyl (C=O) groups excluding carboxylic acids is 1. The van der Waals surface area contributed by atoms with Crippen LogP contribution in [-0.4, -0.2) is 35.4 Å². The third kappa shape index (κ3) is 5.44. The van der Waals surface area contributed by atoms with E-state index in [4.69, 9.17) is 9.47 Å². The molecule has 0 fully saturated rings. The minimum Gasteiger partial charge on any atom is -0.497 e. The molecular weight excluding hydrogens is 389 g/mol. The molecule has 2 aromatic carbocycles. The van der Waals surface area contributed by atoms with Gasteiger partial charge in [-0.05, 0) is 49.4 Å². The molecule has 0 saturated carbocycles. The Morgan fingerprint density at radius 1 is 1.13 bits per heavy atom. The van der Waals surface area contributed by atoms with Gasteiger partial charge in [0.05, 0.1) is 19.3 Å². The summed E-state index contributed by atoms with van der Waals surface area (Å²) in [6, 6.07) is 16.0. The van der Waals surface area contributed by atoms with Crippen LogP contribution in [0, 0.1) is 5.82 Å². The quantitative estimate of drug-likeness (QED) is 0.616. The molecule has 3 rings (SSSR count). The fourth-order valence-corrected chi connectivity index (χ4v) is 2.75. The Labute approximate surface area is 173 Å². The average Bonchev–Trinajstić information content (AvgIpc) is 2.75. The molecule has 3 aromatic rings. The highest BCUT2D eigenvalue weighted by Crippen LogP contribution is 2.19. The molecule has 0 spiro atoms. The van der Waals surface area contributed by atoms with Gasteiger partial charge < -0.3 is 14.8 Å². The highest BCUT2D eigenvalue weighted by Gasteiger charge is 2.14. The summed E-state index contributed by atoms with van der Waals surface area (Å²) in [5, 5.41) is 7.05. The summed E-state index contributed by atoms with van der Waals surface area (Å²) in [6.07, 6.45) is -0.817. The lowest BCUT2D eigenvalue weighted by Crippen LogP contribution is -2.39. The lowest BCUT2D eigenvalue weighted by molar-refractivity contribution is -0.127. The van der Waals surface area contributed by atoms with E-state index in [1.165, 1.54) is 28.9 Å². The van der Waals surface area contributed by atoms with Crippen molar-refractivity contribution in [3.05, 3.63) is 76.8 Å². The van der Waals surface area contributed by atoms with E-state index in [0.29, 0.717) is 5.69 Å². The molecule has 1 amide bonds. The zero-order chi connectivity index (χ0) is 21.5. The minimum absolute atomic E-state index is 0.189. The fraction of sp³-hybridized carbons (Fsp3) is 0.227. The van der Waals surface area contributed by atoms with Gasteiger partial charge in [0.15, 0.2) is 6.10 Å². The van der Waals surface area contributed by atoms with Crippen molar-refractivity contribution in [2.45, 2.75) is 19.6 Å². The van der Waals surface area contributed by atoms with Crippen molar-refractivity contribution in [2.24, 2.45) is 0 Å². The largest absolute Gasteiger partial charge is 0.497 e. The smallest absolute Gasteiger partial charge is 0.266 e. The van der Waals surface area contributed by atoms with Crippen LogP contribution < -0.4 is 20.3 Å². The highest BCUT2D eigenvalue weighted by atomic mass is 19.1. The number of amides is 1. The summed E-state index contributed by atoms with van der Waals surface area (Å²) in [7, 11) is 1.59. The first kappa shape index (κ1) is 21.0. The molecule has 1 unspecified atom stereocenters. The van der Waals surface area contributed by atoms with Gasteiger partial charge in [-0.25, -0.2) is 9.07 Å². The predicted molar refractivity (Wildman–Crippen MR) is 110 cm³/mol. The maximum atomic E-state index is 13.2. The van der Waals surface area contributed by atoms with Crippen molar-refractivity contribution >= 4 is 5.91 Å². The fourth-order valence-electron chi connectivity index (χ4n) is 2.75. The summed E-state index contributed by atoms with van der Waals surface area (Å²) in [6.45, 7) is 1.95. The van der Waals surface area contributed by atoms with Crippen LogP contribution in [-0.2, 0) is 11.3 Å². The van der Waals surface area contributed by atoms with Crippen molar-refractivity contribution in [3.63, 3.8) is 0 Å². The Bertz CT molecular complexity index is 1070. The molecule has 30 heavy (non-hydrogen) atoms. The molecule has 0 saturated heterocycles. The van der Waals surface area contributed by atoms with Crippen LogP contribution in [0.4, 0.5) is 4.39 Å². The number of hydrogen-bond donors (Lipinski definition) is 1. The normalized spacial score (nSPS) is 11.6. The Balaban J connectivity index is 1.58. The van der Waals surface area contributed by atoms with Crippen LogP contribution in [0.25, 0.3) is 11.3 Å². The van der Waals surface area contributed by atoms with Gasteiger partial charge in [-0.3, -0.25) is 9.59 Å². The number of carbonyl (C=O) groups is 1. The number of hydrogen-bond acceptors (Lipinski definition) is 5. The molecule has 0 aliphatic heterocycles. The molecule has 0 aliphatic rings. The van der Waals surface area contributed by atoms with E-state index in [1.807, 2.05) is 24.3 Å². The zero-order valence-electron chi connectivity index (χ0n) is 16.7.